The van der Waals surface area contributed by atoms with E-state index in [0.717, 1.165) is 0 Å². The molecule has 0 aromatic carbocycles. The average Bonchev–Trinajstić information content (AvgIpc) is 2.30. The predicted molar refractivity (Wildman–Crippen MR) is 68.9 cm³/mol. The fraction of sp³-hybridized carbons (Fsp3) is 0.933. The molecule has 1 fully saturated rings. The summed E-state index contributed by atoms with van der Waals surface area (Å²) in [5.41, 5.74) is 0.657. The largest absolute Gasteiger partial charge is 0.0654 e. The smallest absolute Gasteiger partial charge is 0.0297 e. The molecule has 0 spiro atoms. The highest BCUT2D eigenvalue weighted by Crippen LogP contribution is 2.43. The van der Waals surface area contributed by atoms with Crippen LogP contribution in [0.5, 0.6) is 0 Å². The molecule has 1 aliphatic carbocycles. The minimum absolute atomic E-state index is 0.657. The first-order valence-electron chi connectivity index (χ1n) is 7.12. The van der Waals surface area contributed by atoms with Crippen LogP contribution < -0.4 is 0 Å². The monoisotopic (exact) mass is 209 g/mol. The lowest BCUT2D eigenvalue weighted by atomic mass is 9.69. The van der Waals surface area contributed by atoms with Gasteiger partial charge in [-0.25, -0.2) is 0 Å². The lowest BCUT2D eigenvalue weighted by molar-refractivity contribution is 0.168. The van der Waals surface area contributed by atoms with Crippen LogP contribution in [0, 0.1) is 12.3 Å². The Balaban J connectivity index is 2.15. The summed E-state index contributed by atoms with van der Waals surface area (Å²) in [5, 5.41) is 0. The third-order valence-corrected chi connectivity index (χ3v) is 4.26. The molecule has 0 bridgehead atoms. The molecule has 15 heavy (non-hydrogen) atoms. The van der Waals surface area contributed by atoms with E-state index in [0.29, 0.717) is 5.41 Å². The lowest BCUT2D eigenvalue weighted by Crippen LogP contribution is -2.23. The molecule has 0 amide bonds. The third kappa shape index (κ3) is 4.57. The first-order chi connectivity index (χ1) is 7.33. The van der Waals surface area contributed by atoms with Crippen LogP contribution in [0.25, 0.3) is 0 Å². The molecular formula is C15H29. The number of unbranched alkanes of at least 4 members (excludes halogenated alkanes) is 4. The number of hydrogen-bond donors (Lipinski definition) is 0. The van der Waals surface area contributed by atoms with Crippen LogP contribution in [0.15, 0.2) is 0 Å². The van der Waals surface area contributed by atoms with Crippen LogP contribution >= 0.6 is 0 Å². The zero-order chi connectivity index (χ0) is 11.0. The maximum atomic E-state index is 4.20. The van der Waals surface area contributed by atoms with Gasteiger partial charge in [-0.15, -0.1) is 0 Å². The van der Waals surface area contributed by atoms with E-state index in [-0.39, 0.29) is 0 Å². The van der Waals surface area contributed by atoms with Crippen molar-refractivity contribution in [1.82, 2.24) is 0 Å². The van der Waals surface area contributed by atoms with Gasteiger partial charge in [0.15, 0.2) is 0 Å². The molecule has 0 nitrogen and oxygen atoms in total. The van der Waals surface area contributed by atoms with Gasteiger partial charge in [0.25, 0.3) is 0 Å². The fourth-order valence-electron chi connectivity index (χ4n) is 3.03. The zero-order valence-electron chi connectivity index (χ0n) is 10.7. The van der Waals surface area contributed by atoms with Gasteiger partial charge in [-0.05, 0) is 31.1 Å². The van der Waals surface area contributed by atoms with E-state index in [1.807, 2.05) is 0 Å². The summed E-state index contributed by atoms with van der Waals surface area (Å²) >= 11 is 0. The normalized spacial score (nSPS) is 20.4. The molecule has 89 valence electrons. The zero-order valence-corrected chi connectivity index (χ0v) is 10.7. The molecule has 1 rings (SSSR count). The molecule has 0 atom stereocenters. The molecule has 0 heterocycles. The second kappa shape index (κ2) is 7.30. The Kier molecular flexibility index (Phi) is 6.36. The van der Waals surface area contributed by atoms with Gasteiger partial charge in [0.1, 0.15) is 0 Å². The second-order valence-corrected chi connectivity index (χ2v) is 5.47. The van der Waals surface area contributed by atoms with Crippen LogP contribution in [-0.4, -0.2) is 0 Å². The number of hydrogen-bond acceptors (Lipinski definition) is 0. The quantitative estimate of drug-likeness (QED) is 0.484. The Morgan fingerprint density at radius 1 is 0.933 bits per heavy atom. The van der Waals surface area contributed by atoms with Crippen molar-refractivity contribution in [3.63, 3.8) is 0 Å². The standard InChI is InChI=1S/C15H29/c1-3-5-6-7-9-12-15(4-2)13-10-8-11-14-15/h2-14H2,1H3. The average molecular weight is 209 g/mol. The van der Waals surface area contributed by atoms with Gasteiger partial charge in [0.2, 0.25) is 0 Å². The molecule has 1 radical (unpaired) electrons. The molecular weight excluding hydrogens is 180 g/mol. The van der Waals surface area contributed by atoms with Crippen LogP contribution in [0.4, 0.5) is 0 Å². The molecule has 1 saturated carbocycles. The minimum Gasteiger partial charge on any atom is -0.0654 e. The van der Waals surface area contributed by atoms with E-state index in [1.54, 1.807) is 0 Å². The summed E-state index contributed by atoms with van der Waals surface area (Å²) in [6.45, 7) is 6.49. The molecule has 0 saturated heterocycles. The van der Waals surface area contributed by atoms with Crippen molar-refractivity contribution in [1.29, 1.82) is 0 Å². The topological polar surface area (TPSA) is 0 Å². The maximum Gasteiger partial charge on any atom is -0.0297 e. The molecule has 0 unspecified atom stereocenters. The summed E-state index contributed by atoms with van der Waals surface area (Å²) < 4.78 is 0. The van der Waals surface area contributed by atoms with Crippen LogP contribution in [-0.2, 0) is 0 Å². The first-order valence-corrected chi connectivity index (χ1v) is 7.12. The summed E-state index contributed by atoms with van der Waals surface area (Å²) in [7, 11) is 0. The van der Waals surface area contributed by atoms with Crippen molar-refractivity contribution in [2.45, 2.75) is 84.0 Å². The Bertz CT molecular complexity index is 142. The SMILES string of the molecule is [CH2]CC1(CCCCCCC)CCCCC1. The van der Waals surface area contributed by atoms with E-state index >= 15 is 0 Å². The Hall–Kier alpha value is 0. The summed E-state index contributed by atoms with van der Waals surface area (Å²) in [5.74, 6) is 0. The van der Waals surface area contributed by atoms with E-state index in [4.69, 9.17) is 0 Å². The van der Waals surface area contributed by atoms with Gasteiger partial charge in [-0.2, -0.15) is 0 Å². The highest BCUT2D eigenvalue weighted by atomic mass is 14.3. The lowest BCUT2D eigenvalue weighted by Gasteiger charge is -2.36. The van der Waals surface area contributed by atoms with Gasteiger partial charge < -0.3 is 0 Å². The number of rotatable bonds is 7. The fourth-order valence-corrected chi connectivity index (χ4v) is 3.03. The van der Waals surface area contributed by atoms with Crippen molar-refractivity contribution in [2.24, 2.45) is 5.41 Å². The van der Waals surface area contributed by atoms with E-state index < -0.39 is 0 Å². The van der Waals surface area contributed by atoms with Gasteiger partial charge in [-0.3, -0.25) is 0 Å². The van der Waals surface area contributed by atoms with Gasteiger partial charge in [0.05, 0.1) is 0 Å². The van der Waals surface area contributed by atoms with Gasteiger partial charge >= 0.3 is 0 Å². The molecule has 0 heteroatoms. The maximum absolute atomic E-state index is 4.20. The highest BCUT2D eigenvalue weighted by molar-refractivity contribution is 4.83. The van der Waals surface area contributed by atoms with Crippen molar-refractivity contribution >= 4 is 0 Å². The minimum atomic E-state index is 0.657. The Morgan fingerprint density at radius 3 is 2.20 bits per heavy atom. The van der Waals surface area contributed by atoms with E-state index in [9.17, 15) is 0 Å². The summed E-state index contributed by atoms with van der Waals surface area (Å²) in [4.78, 5) is 0. The highest BCUT2D eigenvalue weighted by Gasteiger charge is 2.29. The molecule has 0 aromatic rings. The third-order valence-electron chi connectivity index (χ3n) is 4.26. The Labute approximate surface area is 96.8 Å². The van der Waals surface area contributed by atoms with Crippen LogP contribution in [0.1, 0.15) is 84.0 Å². The molecule has 0 N–H and O–H groups in total. The van der Waals surface area contributed by atoms with Gasteiger partial charge in [-0.1, -0.05) is 65.2 Å². The van der Waals surface area contributed by atoms with Crippen molar-refractivity contribution in [2.75, 3.05) is 0 Å². The summed E-state index contributed by atoms with van der Waals surface area (Å²) in [6.07, 6.45) is 17.1. The first kappa shape index (κ1) is 13.1. The van der Waals surface area contributed by atoms with Crippen LogP contribution in [0.2, 0.25) is 0 Å². The molecule has 0 aromatic heterocycles. The Morgan fingerprint density at radius 2 is 1.60 bits per heavy atom. The van der Waals surface area contributed by atoms with Crippen molar-refractivity contribution in [3.05, 3.63) is 6.92 Å². The van der Waals surface area contributed by atoms with Crippen LogP contribution in [0.3, 0.4) is 0 Å². The van der Waals surface area contributed by atoms with E-state index in [1.165, 1.54) is 77.0 Å². The van der Waals surface area contributed by atoms with Crippen molar-refractivity contribution in [3.8, 4) is 0 Å². The van der Waals surface area contributed by atoms with Gasteiger partial charge in [0, 0.05) is 0 Å². The molecule has 1 aliphatic rings. The van der Waals surface area contributed by atoms with E-state index in [2.05, 4.69) is 13.8 Å². The van der Waals surface area contributed by atoms with Crippen molar-refractivity contribution < 1.29 is 0 Å². The molecule has 0 aliphatic heterocycles. The predicted octanol–water partition coefficient (Wildman–Crippen LogP) is 5.52. The summed E-state index contributed by atoms with van der Waals surface area (Å²) in [6, 6.07) is 0. The second-order valence-electron chi connectivity index (χ2n) is 5.47.